The van der Waals surface area contributed by atoms with Gasteiger partial charge in [-0.05, 0) is 73.8 Å². The van der Waals surface area contributed by atoms with Crippen molar-refractivity contribution < 1.29 is 9.26 Å². The van der Waals surface area contributed by atoms with Gasteiger partial charge in [0.05, 0.1) is 11.7 Å². The zero-order valence-electron chi connectivity index (χ0n) is 15.6. The first kappa shape index (κ1) is 18.5. The van der Waals surface area contributed by atoms with E-state index in [-0.39, 0.29) is 6.10 Å². The van der Waals surface area contributed by atoms with Crippen LogP contribution in [0.15, 0.2) is 45.4 Å². The van der Waals surface area contributed by atoms with Crippen LogP contribution in [0.3, 0.4) is 0 Å². The summed E-state index contributed by atoms with van der Waals surface area (Å²) in [6.07, 6.45) is 2.04. The van der Waals surface area contributed by atoms with Gasteiger partial charge in [0.1, 0.15) is 11.8 Å². The fourth-order valence-electron chi connectivity index (χ4n) is 3.32. The Bertz CT molecular complexity index is 1050. The molecule has 1 aromatic heterocycles. The van der Waals surface area contributed by atoms with Crippen LogP contribution < -0.4 is 9.64 Å². The lowest BCUT2D eigenvalue weighted by atomic mass is 10.0. The van der Waals surface area contributed by atoms with Gasteiger partial charge in [0, 0.05) is 22.3 Å². The number of aryl methyl sites for hydroxylation is 1. The highest BCUT2D eigenvalue weighted by Gasteiger charge is 2.23. The highest BCUT2D eigenvalue weighted by atomic mass is 79.9. The van der Waals surface area contributed by atoms with E-state index in [1.54, 1.807) is 12.1 Å². The van der Waals surface area contributed by atoms with Gasteiger partial charge in [-0.3, -0.25) is 0 Å². The number of rotatable bonds is 4. The van der Waals surface area contributed by atoms with Crippen molar-refractivity contribution in [3.05, 3.63) is 52.0 Å². The normalized spacial score (nSPS) is 13.3. The lowest BCUT2D eigenvalue weighted by molar-refractivity contribution is 0.242. The van der Waals surface area contributed by atoms with Gasteiger partial charge in [-0.15, -0.1) is 0 Å². The number of hydrogen-bond donors (Lipinski definition) is 0. The molecule has 0 amide bonds. The topological polar surface area (TPSA) is 75.2 Å². The molecular formula is C21H19BrN4O2. The Hall–Kier alpha value is -2.85. The van der Waals surface area contributed by atoms with Crippen molar-refractivity contribution in [3.8, 4) is 23.3 Å². The van der Waals surface area contributed by atoms with Crippen LogP contribution >= 0.6 is 15.9 Å². The van der Waals surface area contributed by atoms with Crippen LogP contribution in [0.25, 0.3) is 11.5 Å². The molecule has 0 fully saturated rings. The molecule has 7 heteroatoms. The number of benzene rings is 2. The molecule has 1 aliphatic heterocycles. The third-order valence-electron chi connectivity index (χ3n) is 4.53. The average molecular weight is 439 g/mol. The molecule has 6 nitrogen and oxygen atoms in total. The monoisotopic (exact) mass is 438 g/mol. The van der Waals surface area contributed by atoms with Crippen molar-refractivity contribution in [2.45, 2.75) is 32.8 Å². The van der Waals surface area contributed by atoms with Crippen molar-refractivity contribution in [1.29, 1.82) is 5.26 Å². The molecule has 0 aliphatic carbocycles. The Morgan fingerprint density at radius 1 is 1.25 bits per heavy atom. The average Bonchev–Trinajstić information content (AvgIpc) is 3.17. The first-order valence-electron chi connectivity index (χ1n) is 9.16. The summed E-state index contributed by atoms with van der Waals surface area (Å²) >= 11 is 3.53. The molecule has 0 unspecified atom stereocenters. The van der Waals surface area contributed by atoms with Crippen molar-refractivity contribution in [3.63, 3.8) is 0 Å². The minimum atomic E-state index is -0.00726. The number of ether oxygens (including phenoxy) is 1. The van der Waals surface area contributed by atoms with Crippen LogP contribution in [-0.4, -0.2) is 22.8 Å². The summed E-state index contributed by atoms with van der Waals surface area (Å²) in [5.41, 5.74) is 3.49. The van der Waals surface area contributed by atoms with Crippen LogP contribution in [0, 0.1) is 11.3 Å². The van der Waals surface area contributed by atoms with Gasteiger partial charge in [-0.1, -0.05) is 15.9 Å². The summed E-state index contributed by atoms with van der Waals surface area (Å²) in [5.74, 6) is 1.46. The molecule has 3 aromatic rings. The van der Waals surface area contributed by atoms with Gasteiger partial charge in [0.15, 0.2) is 0 Å². The summed E-state index contributed by atoms with van der Waals surface area (Å²) in [6.45, 7) is 4.68. The summed E-state index contributed by atoms with van der Waals surface area (Å²) in [5, 5.41) is 13.6. The molecule has 0 N–H and O–H groups in total. The number of fused-ring (bicyclic) bond motifs is 1. The molecule has 4 rings (SSSR count). The Balaban J connectivity index is 1.65. The molecule has 0 atom stereocenters. The van der Waals surface area contributed by atoms with E-state index in [4.69, 9.17) is 9.26 Å². The molecule has 2 aromatic carbocycles. The van der Waals surface area contributed by atoms with E-state index in [1.807, 2.05) is 26.0 Å². The van der Waals surface area contributed by atoms with Crippen LogP contribution in [0.2, 0.25) is 0 Å². The molecular weight excluding hydrogens is 420 g/mol. The summed E-state index contributed by atoms with van der Waals surface area (Å²) in [7, 11) is 0. The largest absolute Gasteiger partial charge is 0.490 e. The second kappa shape index (κ2) is 7.64. The van der Waals surface area contributed by atoms with Crippen LogP contribution in [0.4, 0.5) is 11.6 Å². The van der Waals surface area contributed by atoms with Gasteiger partial charge in [-0.25, -0.2) is 0 Å². The zero-order chi connectivity index (χ0) is 19.7. The second-order valence-electron chi connectivity index (χ2n) is 6.92. The maximum absolute atomic E-state index is 9.43. The zero-order valence-corrected chi connectivity index (χ0v) is 17.2. The lowest BCUT2D eigenvalue weighted by Gasteiger charge is -2.28. The highest BCUT2D eigenvalue weighted by molar-refractivity contribution is 9.10. The Kier molecular flexibility index (Phi) is 5.05. The molecule has 0 radical (unpaired) electrons. The third kappa shape index (κ3) is 3.60. The number of nitriles is 1. The molecule has 0 saturated heterocycles. The molecule has 0 bridgehead atoms. The van der Waals surface area contributed by atoms with E-state index < -0.39 is 0 Å². The van der Waals surface area contributed by atoms with E-state index in [0.29, 0.717) is 28.7 Å². The number of nitrogens with zero attached hydrogens (tertiary/aromatic N) is 4. The number of hydrogen-bond acceptors (Lipinski definition) is 6. The molecule has 28 heavy (non-hydrogen) atoms. The van der Waals surface area contributed by atoms with E-state index in [2.05, 4.69) is 49.2 Å². The van der Waals surface area contributed by atoms with Crippen molar-refractivity contribution in [2.75, 3.05) is 11.4 Å². The Morgan fingerprint density at radius 3 is 2.89 bits per heavy atom. The maximum atomic E-state index is 9.43. The van der Waals surface area contributed by atoms with Gasteiger partial charge in [-0.2, -0.15) is 10.2 Å². The van der Waals surface area contributed by atoms with Gasteiger partial charge in [0.25, 0.3) is 11.8 Å². The predicted molar refractivity (Wildman–Crippen MR) is 110 cm³/mol. The smallest absolute Gasteiger partial charge is 0.270 e. The predicted octanol–water partition coefficient (Wildman–Crippen LogP) is 5.24. The van der Waals surface area contributed by atoms with Crippen LogP contribution in [0.1, 0.15) is 31.4 Å². The Morgan fingerprint density at radius 2 is 2.11 bits per heavy atom. The fraction of sp³-hybridized carbons (Fsp3) is 0.286. The first-order valence-corrected chi connectivity index (χ1v) is 9.95. The lowest BCUT2D eigenvalue weighted by Crippen LogP contribution is -2.25. The summed E-state index contributed by atoms with van der Waals surface area (Å²) in [6, 6.07) is 13.7. The van der Waals surface area contributed by atoms with Crippen LogP contribution in [-0.2, 0) is 6.42 Å². The van der Waals surface area contributed by atoms with Crippen molar-refractivity contribution in [2.24, 2.45) is 0 Å². The summed E-state index contributed by atoms with van der Waals surface area (Å²) < 4.78 is 12.2. The number of anilines is 2. The SMILES string of the molecule is CC(C)Oc1ccc(-c2nc(N3CCCc4cc(Br)ccc43)no2)cc1C#N. The van der Waals surface area contributed by atoms with E-state index >= 15 is 0 Å². The van der Waals surface area contributed by atoms with Gasteiger partial charge >= 0.3 is 0 Å². The highest BCUT2D eigenvalue weighted by Crippen LogP contribution is 2.35. The molecule has 1 aliphatic rings. The molecule has 0 spiro atoms. The number of halogens is 1. The Labute approximate surface area is 171 Å². The third-order valence-corrected chi connectivity index (χ3v) is 5.02. The first-order chi connectivity index (χ1) is 13.5. The van der Waals surface area contributed by atoms with Crippen LogP contribution in [0.5, 0.6) is 5.75 Å². The van der Waals surface area contributed by atoms with Gasteiger partial charge < -0.3 is 14.2 Å². The van der Waals surface area contributed by atoms with Gasteiger partial charge in [0.2, 0.25) is 0 Å². The van der Waals surface area contributed by atoms with E-state index in [0.717, 1.165) is 29.5 Å². The van der Waals surface area contributed by atoms with Crippen molar-refractivity contribution in [1.82, 2.24) is 10.1 Å². The minimum absolute atomic E-state index is 0.00726. The minimum Gasteiger partial charge on any atom is -0.490 e. The quantitative estimate of drug-likeness (QED) is 0.553. The second-order valence-corrected chi connectivity index (χ2v) is 7.83. The fourth-order valence-corrected chi connectivity index (χ4v) is 3.73. The van der Waals surface area contributed by atoms with E-state index in [9.17, 15) is 5.26 Å². The molecule has 0 saturated carbocycles. The maximum Gasteiger partial charge on any atom is 0.270 e. The molecule has 2 heterocycles. The van der Waals surface area contributed by atoms with E-state index in [1.165, 1.54) is 5.56 Å². The molecule has 142 valence electrons. The number of aromatic nitrogens is 2. The summed E-state index contributed by atoms with van der Waals surface area (Å²) in [4.78, 5) is 6.65. The standard InChI is InChI=1S/C21H19BrN4O2/c1-13(2)27-19-8-5-15(10-16(19)12-23)20-24-21(25-28-20)26-9-3-4-14-11-17(22)6-7-18(14)26/h5-8,10-11,13H,3-4,9H2,1-2H3. The van der Waals surface area contributed by atoms with Crippen molar-refractivity contribution >= 4 is 27.6 Å².